The van der Waals surface area contributed by atoms with Gasteiger partial charge in [0.05, 0.1) is 13.2 Å². The zero-order valence-corrected chi connectivity index (χ0v) is 7.39. The number of nitrogens with one attached hydrogen (secondary N) is 1. The predicted molar refractivity (Wildman–Crippen MR) is 43.5 cm³/mol. The first-order valence-corrected chi connectivity index (χ1v) is 3.82. The smallest absolute Gasteiger partial charge is 0.407 e. The van der Waals surface area contributed by atoms with E-state index in [9.17, 15) is 4.79 Å². The van der Waals surface area contributed by atoms with Gasteiger partial charge < -0.3 is 15.2 Å². The van der Waals surface area contributed by atoms with Crippen LogP contribution in [0.1, 0.15) is 20.8 Å². The second-order valence-electron chi connectivity index (χ2n) is 1.37. The number of aliphatic hydroxyl groups is 1. The molecule has 0 saturated heterocycles. The summed E-state index contributed by atoms with van der Waals surface area (Å²) in [4.78, 5) is 10.4. The van der Waals surface area contributed by atoms with Crippen LogP contribution in [0.3, 0.4) is 0 Å². The largest absolute Gasteiger partial charge is 0.450 e. The number of carbonyl (C=O) groups is 1. The van der Waals surface area contributed by atoms with Gasteiger partial charge in [-0.15, -0.1) is 0 Å². The first-order chi connectivity index (χ1) is 5.31. The second-order valence-corrected chi connectivity index (χ2v) is 1.37. The van der Waals surface area contributed by atoms with Crippen LogP contribution in [0.25, 0.3) is 0 Å². The molecule has 0 aliphatic rings. The lowest BCUT2D eigenvalue weighted by molar-refractivity contribution is 0.149. The van der Waals surface area contributed by atoms with Crippen LogP contribution < -0.4 is 5.32 Å². The van der Waals surface area contributed by atoms with Crippen molar-refractivity contribution in [3.63, 3.8) is 0 Å². The Balaban J connectivity index is 0. The van der Waals surface area contributed by atoms with Crippen LogP contribution in [-0.4, -0.2) is 31.0 Å². The fourth-order valence-corrected chi connectivity index (χ4v) is 0.340. The van der Waals surface area contributed by atoms with Crippen LogP contribution in [0, 0.1) is 0 Å². The molecule has 0 aromatic rings. The van der Waals surface area contributed by atoms with E-state index in [1.54, 1.807) is 6.92 Å². The fourth-order valence-electron chi connectivity index (χ4n) is 0.340. The second kappa shape index (κ2) is 12.0. The number of ether oxygens (including phenoxy) is 1. The Morgan fingerprint density at radius 2 is 2.09 bits per heavy atom. The number of rotatable bonds is 3. The van der Waals surface area contributed by atoms with Crippen molar-refractivity contribution < 1.29 is 14.6 Å². The third-order valence-corrected chi connectivity index (χ3v) is 0.657. The molecule has 0 spiro atoms. The topological polar surface area (TPSA) is 58.6 Å². The standard InChI is InChI=1S/C5H11NO3.C2H6/c1-2-9-5(8)6-3-4-7;1-2/h7H,2-4H2,1H3,(H,6,8);1-2H3. The average molecular weight is 163 g/mol. The fraction of sp³-hybridized carbons (Fsp3) is 0.857. The molecular weight excluding hydrogens is 146 g/mol. The number of aliphatic hydroxyl groups excluding tert-OH is 1. The lowest BCUT2D eigenvalue weighted by Gasteiger charge is -2.00. The summed E-state index contributed by atoms with van der Waals surface area (Å²) in [6, 6.07) is 0. The molecule has 0 saturated carbocycles. The van der Waals surface area contributed by atoms with Gasteiger partial charge in [-0.2, -0.15) is 0 Å². The van der Waals surface area contributed by atoms with E-state index in [-0.39, 0.29) is 13.2 Å². The molecule has 0 unspecified atom stereocenters. The Morgan fingerprint density at radius 1 is 1.55 bits per heavy atom. The number of carbonyl (C=O) groups excluding carboxylic acids is 1. The molecule has 0 aliphatic carbocycles. The van der Waals surface area contributed by atoms with E-state index in [2.05, 4.69) is 10.1 Å². The van der Waals surface area contributed by atoms with Gasteiger partial charge in [0.1, 0.15) is 0 Å². The average Bonchev–Trinajstić information content (AvgIpc) is 2.05. The van der Waals surface area contributed by atoms with Crippen LogP contribution >= 0.6 is 0 Å². The number of alkyl carbamates (subject to hydrolysis) is 1. The minimum atomic E-state index is -0.480. The molecule has 0 heterocycles. The van der Waals surface area contributed by atoms with E-state index in [4.69, 9.17) is 5.11 Å². The normalized spacial score (nSPS) is 7.64. The first kappa shape index (κ1) is 12.9. The van der Waals surface area contributed by atoms with Gasteiger partial charge in [-0.05, 0) is 6.92 Å². The van der Waals surface area contributed by atoms with E-state index >= 15 is 0 Å². The van der Waals surface area contributed by atoms with Crippen molar-refractivity contribution in [2.45, 2.75) is 20.8 Å². The molecule has 0 fully saturated rings. The van der Waals surface area contributed by atoms with Crippen molar-refractivity contribution in [3.8, 4) is 0 Å². The Hall–Kier alpha value is -0.770. The molecule has 11 heavy (non-hydrogen) atoms. The van der Waals surface area contributed by atoms with E-state index in [0.717, 1.165) is 0 Å². The summed E-state index contributed by atoms with van der Waals surface area (Å²) in [5, 5.41) is 10.5. The van der Waals surface area contributed by atoms with Crippen molar-refractivity contribution in [1.82, 2.24) is 5.32 Å². The molecule has 0 aromatic heterocycles. The van der Waals surface area contributed by atoms with E-state index in [0.29, 0.717) is 6.61 Å². The quantitative estimate of drug-likeness (QED) is 0.645. The molecular formula is C7H17NO3. The van der Waals surface area contributed by atoms with Gasteiger partial charge >= 0.3 is 6.09 Å². The predicted octanol–water partition coefficient (Wildman–Crippen LogP) is 0.751. The highest BCUT2D eigenvalue weighted by atomic mass is 16.5. The van der Waals surface area contributed by atoms with E-state index < -0.39 is 6.09 Å². The van der Waals surface area contributed by atoms with Gasteiger partial charge in [-0.3, -0.25) is 0 Å². The Kier molecular flexibility index (Phi) is 14.0. The summed E-state index contributed by atoms with van der Waals surface area (Å²) in [6.07, 6.45) is -0.480. The maximum absolute atomic E-state index is 10.4. The van der Waals surface area contributed by atoms with Gasteiger partial charge in [0, 0.05) is 6.54 Å². The van der Waals surface area contributed by atoms with Crippen LogP contribution in [-0.2, 0) is 4.74 Å². The summed E-state index contributed by atoms with van der Waals surface area (Å²) in [7, 11) is 0. The van der Waals surface area contributed by atoms with E-state index in [1.807, 2.05) is 13.8 Å². The van der Waals surface area contributed by atoms with Crippen molar-refractivity contribution in [3.05, 3.63) is 0 Å². The van der Waals surface area contributed by atoms with Crippen LogP contribution in [0.2, 0.25) is 0 Å². The summed E-state index contributed by atoms with van der Waals surface area (Å²) < 4.78 is 4.48. The number of hydrogen-bond acceptors (Lipinski definition) is 3. The molecule has 4 heteroatoms. The highest BCUT2D eigenvalue weighted by Crippen LogP contribution is 1.73. The van der Waals surface area contributed by atoms with Crippen LogP contribution in [0.5, 0.6) is 0 Å². The third-order valence-electron chi connectivity index (χ3n) is 0.657. The number of hydrogen-bond donors (Lipinski definition) is 2. The highest BCUT2D eigenvalue weighted by Gasteiger charge is 1.95. The summed E-state index contributed by atoms with van der Waals surface area (Å²) in [5.41, 5.74) is 0. The maximum Gasteiger partial charge on any atom is 0.407 e. The van der Waals surface area contributed by atoms with Gasteiger partial charge in [0.2, 0.25) is 0 Å². The van der Waals surface area contributed by atoms with Crippen molar-refractivity contribution >= 4 is 6.09 Å². The highest BCUT2D eigenvalue weighted by molar-refractivity contribution is 5.66. The molecule has 1 amide bonds. The van der Waals surface area contributed by atoms with Crippen molar-refractivity contribution in [2.75, 3.05) is 19.8 Å². The third kappa shape index (κ3) is 12.4. The first-order valence-electron chi connectivity index (χ1n) is 3.82. The zero-order chi connectivity index (χ0) is 9.11. The molecule has 0 bridgehead atoms. The van der Waals surface area contributed by atoms with Crippen LogP contribution in [0.15, 0.2) is 0 Å². The van der Waals surface area contributed by atoms with Gasteiger partial charge in [0.15, 0.2) is 0 Å². The number of amides is 1. The Labute approximate surface area is 67.6 Å². The SMILES string of the molecule is CC.CCOC(=O)NCCO. The Morgan fingerprint density at radius 3 is 2.45 bits per heavy atom. The van der Waals surface area contributed by atoms with Gasteiger partial charge in [-0.25, -0.2) is 4.79 Å². The maximum atomic E-state index is 10.4. The summed E-state index contributed by atoms with van der Waals surface area (Å²) in [6.45, 7) is 6.27. The lowest BCUT2D eigenvalue weighted by Crippen LogP contribution is -2.26. The lowest BCUT2D eigenvalue weighted by atomic mass is 10.7. The van der Waals surface area contributed by atoms with Crippen LogP contribution in [0.4, 0.5) is 4.79 Å². The van der Waals surface area contributed by atoms with Gasteiger partial charge in [0.25, 0.3) is 0 Å². The minimum absolute atomic E-state index is 0.0567. The van der Waals surface area contributed by atoms with E-state index in [1.165, 1.54) is 0 Å². The monoisotopic (exact) mass is 163 g/mol. The molecule has 0 radical (unpaired) electrons. The van der Waals surface area contributed by atoms with Gasteiger partial charge in [-0.1, -0.05) is 13.8 Å². The molecule has 0 atom stereocenters. The summed E-state index contributed by atoms with van der Waals surface area (Å²) in [5.74, 6) is 0. The minimum Gasteiger partial charge on any atom is -0.450 e. The molecule has 0 aromatic carbocycles. The molecule has 4 nitrogen and oxygen atoms in total. The summed E-state index contributed by atoms with van der Waals surface area (Å²) >= 11 is 0. The van der Waals surface area contributed by atoms with Crippen molar-refractivity contribution in [1.29, 1.82) is 0 Å². The molecule has 2 N–H and O–H groups in total. The molecule has 0 aliphatic heterocycles. The molecule has 68 valence electrons. The molecule has 0 rings (SSSR count). The van der Waals surface area contributed by atoms with Crippen molar-refractivity contribution in [2.24, 2.45) is 0 Å². The Bertz CT molecular complexity index is 85.8. The zero-order valence-electron chi connectivity index (χ0n) is 7.39.